The molecule has 23 heavy (non-hydrogen) atoms. The molecule has 0 amide bonds. The Morgan fingerprint density at radius 3 is 2.83 bits per heavy atom. The van der Waals surface area contributed by atoms with Crippen molar-refractivity contribution in [2.45, 2.75) is 38.6 Å². The Morgan fingerprint density at radius 1 is 1.17 bits per heavy atom. The maximum Gasteiger partial charge on any atom is 0.225 e. The van der Waals surface area contributed by atoms with E-state index in [1.54, 1.807) is 7.11 Å². The normalized spacial score (nSPS) is 17.1. The van der Waals surface area contributed by atoms with Gasteiger partial charge >= 0.3 is 0 Å². The topological polar surface area (TPSA) is 59.1 Å². The largest absolute Gasteiger partial charge is 0.497 e. The molecule has 1 aromatic heterocycles. The smallest absolute Gasteiger partial charge is 0.225 e. The second-order valence-electron chi connectivity index (χ2n) is 6.04. The SMILES string of the molecule is CNc1cc(C)nc(NC2CCCc3ccc(OC)cc3C2)n1. The quantitative estimate of drug-likeness (QED) is 0.849. The molecule has 1 atom stereocenters. The van der Waals surface area contributed by atoms with E-state index in [2.05, 4.69) is 38.8 Å². The molecule has 3 rings (SSSR count). The predicted molar refractivity (Wildman–Crippen MR) is 93.4 cm³/mol. The number of rotatable bonds is 4. The standard InChI is InChI=1S/C18H24N4O/c1-12-9-17(19-2)22-18(20-12)21-15-6-4-5-13-7-8-16(23-3)11-14(13)10-15/h7-9,11,15H,4-6,10H2,1-3H3,(H2,19,20,21,22). The number of aromatic nitrogens is 2. The Bertz CT molecular complexity index is 687. The van der Waals surface area contributed by atoms with Gasteiger partial charge < -0.3 is 15.4 Å². The average Bonchev–Trinajstić information content (AvgIpc) is 2.74. The number of hydrogen-bond acceptors (Lipinski definition) is 5. The van der Waals surface area contributed by atoms with Crippen LogP contribution >= 0.6 is 0 Å². The fourth-order valence-electron chi connectivity index (χ4n) is 3.14. The van der Waals surface area contributed by atoms with Crippen LogP contribution in [0, 0.1) is 6.92 Å². The predicted octanol–water partition coefficient (Wildman–Crippen LogP) is 3.19. The summed E-state index contributed by atoms with van der Waals surface area (Å²) in [6.45, 7) is 1.99. The molecule has 0 radical (unpaired) electrons. The first-order valence-electron chi connectivity index (χ1n) is 8.13. The maximum atomic E-state index is 5.37. The first kappa shape index (κ1) is 15.6. The number of hydrogen-bond donors (Lipinski definition) is 2. The summed E-state index contributed by atoms with van der Waals surface area (Å²) >= 11 is 0. The van der Waals surface area contributed by atoms with Crippen LogP contribution in [-0.2, 0) is 12.8 Å². The van der Waals surface area contributed by atoms with Crippen molar-refractivity contribution in [2.24, 2.45) is 0 Å². The monoisotopic (exact) mass is 312 g/mol. The van der Waals surface area contributed by atoms with E-state index in [1.165, 1.54) is 17.5 Å². The summed E-state index contributed by atoms with van der Waals surface area (Å²) in [6, 6.07) is 8.69. The lowest BCUT2D eigenvalue weighted by Gasteiger charge is -2.18. The van der Waals surface area contributed by atoms with Gasteiger partial charge in [-0.15, -0.1) is 0 Å². The molecular weight excluding hydrogens is 288 g/mol. The van der Waals surface area contributed by atoms with E-state index in [0.717, 1.165) is 36.5 Å². The number of anilines is 2. The van der Waals surface area contributed by atoms with E-state index in [-0.39, 0.29) is 0 Å². The molecule has 5 nitrogen and oxygen atoms in total. The van der Waals surface area contributed by atoms with Gasteiger partial charge in [-0.1, -0.05) is 6.07 Å². The second kappa shape index (κ2) is 6.86. The molecule has 5 heteroatoms. The highest BCUT2D eigenvalue weighted by atomic mass is 16.5. The molecule has 0 saturated carbocycles. The van der Waals surface area contributed by atoms with Crippen molar-refractivity contribution in [1.82, 2.24) is 9.97 Å². The molecule has 0 aliphatic heterocycles. The number of methoxy groups -OCH3 is 1. The third-order valence-corrected chi connectivity index (χ3v) is 4.32. The molecule has 2 N–H and O–H groups in total. The molecule has 0 bridgehead atoms. The van der Waals surface area contributed by atoms with Gasteiger partial charge in [0.2, 0.25) is 5.95 Å². The van der Waals surface area contributed by atoms with E-state index < -0.39 is 0 Å². The number of benzene rings is 1. The minimum Gasteiger partial charge on any atom is -0.497 e. The van der Waals surface area contributed by atoms with E-state index >= 15 is 0 Å². The van der Waals surface area contributed by atoms with Crippen molar-refractivity contribution >= 4 is 11.8 Å². The van der Waals surface area contributed by atoms with Gasteiger partial charge in [-0.25, -0.2) is 4.98 Å². The third-order valence-electron chi connectivity index (χ3n) is 4.32. The van der Waals surface area contributed by atoms with Gasteiger partial charge in [0.05, 0.1) is 7.11 Å². The van der Waals surface area contributed by atoms with Gasteiger partial charge in [0.1, 0.15) is 11.6 Å². The van der Waals surface area contributed by atoms with E-state index in [0.29, 0.717) is 12.0 Å². The second-order valence-corrected chi connectivity index (χ2v) is 6.04. The molecule has 1 aromatic carbocycles. The van der Waals surface area contributed by atoms with Crippen LogP contribution in [-0.4, -0.2) is 30.2 Å². The minimum atomic E-state index is 0.342. The fraction of sp³-hybridized carbons (Fsp3) is 0.444. The van der Waals surface area contributed by atoms with Crippen LogP contribution in [0.4, 0.5) is 11.8 Å². The highest BCUT2D eigenvalue weighted by molar-refractivity contribution is 5.43. The Labute approximate surface area is 137 Å². The summed E-state index contributed by atoms with van der Waals surface area (Å²) in [7, 11) is 3.59. The minimum absolute atomic E-state index is 0.342. The molecule has 2 aromatic rings. The number of ether oxygens (including phenoxy) is 1. The van der Waals surface area contributed by atoms with Crippen molar-refractivity contribution in [3.63, 3.8) is 0 Å². The zero-order valence-electron chi connectivity index (χ0n) is 14.0. The van der Waals surface area contributed by atoms with Crippen LogP contribution in [0.15, 0.2) is 24.3 Å². The summed E-state index contributed by atoms with van der Waals surface area (Å²) in [4.78, 5) is 9.02. The maximum absolute atomic E-state index is 5.37. The molecule has 1 aliphatic carbocycles. The summed E-state index contributed by atoms with van der Waals surface area (Å²) < 4.78 is 5.37. The zero-order valence-corrected chi connectivity index (χ0v) is 14.0. The molecule has 122 valence electrons. The van der Waals surface area contributed by atoms with Crippen molar-refractivity contribution in [3.05, 3.63) is 41.1 Å². The van der Waals surface area contributed by atoms with Gasteiger partial charge in [-0.3, -0.25) is 0 Å². The van der Waals surface area contributed by atoms with Crippen LogP contribution < -0.4 is 15.4 Å². The number of nitrogens with zero attached hydrogens (tertiary/aromatic N) is 2. The van der Waals surface area contributed by atoms with E-state index in [4.69, 9.17) is 4.74 Å². The molecule has 1 unspecified atom stereocenters. The van der Waals surface area contributed by atoms with Gasteiger partial charge in [-0.05, 0) is 55.9 Å². The highest BCUT2D eigenvalue weighted by Gasteiger charge is 2.18. The highest BCUT2D eigenvalue weighted by Crippen LogP contribution is 2.26. The first-order valence-corrected chi connectivity index (χ1v) is 8.13. The Morgan fingerprint density at radius 2 is 2.04 bits per heavy atom. The average molecular weight is 312 g/mol. The van der Waals surface area contributed by atoms with Gasteiger partial charge in [0.15, 0.2) is 0 Å². The van der Waals surface area contributed by atoms with Crippen molar-refractivity contribution in [2.75, 3.05) is 24.8 Å². The number of fused-ring (bicyclic) bond motifs is 1. The van der Waals surface area contributed by atoms with Crippen LogP contribution in [0.25, 0.3) is 0 Å². The lowest BCUT2D eigenvalue weighted by molar-refractivity contribution is 0.414. The van der Waals surface area contributed by atoms with Crippen LogP contribution in [0.3, 0.4) is 0 Å². The molecule has 0 saturated heterocycles. The Balaban J connectivity index is 1.79. The zero-order chi connectivity index (χ0) is 16.2. The fourth-order valence-corrected chi connectivity index (χ4v) is 3.14. The number of aryl methyl sites for hydroxylation is 2. The summed E-state index contributed by atoms with van der Waals surface area (Å²) in [5.41, 5.74) is 3.75. The lowest BCUT2D eigenvalue weighted by Crippen LogP contribution is -2.23. The van der Waals surface area contributed by atoms with Crippen LogP contribution in [0.1, 0.15) is 29.7 Å². The van der Waals surface area contributed by atoms with E-state index in [1.807, 2.05) is 20.0 Å². The van der Waals surface area contributed by atoms with Crippen molar-refractivity contribution < 1.29 is 4.74 Å². The molecular formula is C18H24N4O. The number of nitrogens with one attached hydrogen (secondary N) is 2. The van der Waals surface area contributed by atoms with Crippen LogP contribution in [0.2, 0.25) is 0 Å². The molecule has 0 spiro atoms. The Kier molecular flexibility index (Phi) is 4.65. The van der Waals surface area contributed by atoms with E-state index in [9.17, 15) is 0 Å². The van der Waals surface area contributed by atoms with Gasteiger partial charge in [-0.2, -0.15) is 4.98 Å². The van der Waals surface area contributed by atoms with Crippen molar-refractivity contribution in [1.29, 1.82) is 0 Å². The Hall–Kier alpha value is -2.30. The third kappa shape index (κ3) is 3.73. The molecule has 0 fully saturated rings. The summed E-state index contributed by atoms with van der Waals surface area (Å²) in [6.07, 6.45) is 4.37. The lowest BCUT2D eigenvalue weighted by atomic mass is 10.0. The summed E-state index contributed by atoms with van der Waals surface area (Å²) in [5.74, 6) is 2.47. The summed E-state index contributed by atoms with van der Waals surface area (Å²) in [5, 5.41) is 6.59. The molecule has 1 heterocycles. The van der Waals surface area contributed by atoms with Gasteiger partial charge in [0.25, 0.3) is 0 Å². The van der Waals surface area contributed by atoms with Crippen molar-refractivity contribution in [3.8, 4) is 5.75 Å². The van der Waals surface area contributed by atoms with Crippen LogP contribution in [0.5, 0.6) is 5.75 Å². The molecule has 1 aliphatic rings. The van der Waals surface area contributed by atoms with Gasteiger partial charge in [0, 0.05) is 24.8 Å². The first-order chi connectivity index (χ1) is 11.2.